The zero-order valence-corrected chi connectivity index (χ0v) is 19.1. The van der Waals surface area contributed by atoms with Crippen LogP contribution < -0.4 is 5.43 Å². The fourth-order valence-corrected chi connectivity index (χ4v) is 4.56. The number of hydrazone groups is 1. The predicted molar refractivity (Wildman–Crippen MR) is 122 cm³/mol. The molecule has 1 aromatic carbocycles. The van der Waals surface area contributed by atoms with Gasteiger partial charge in [0.25, 0.3) is 5.91 Å². The summed E-state index contributed by atoms with van der Waals surface area (Å²) >= 11 is 0. The number of methoxy groups -OCH3 is 1. The highest BCUT2D eigenvalue weighted by Crippen LogP contribution is 2.31. The Hall–Kier alpha value is -3.42. The number of esters is 1. The number of hydrogen-bond acceptors (Lipinski definition) is 6. The van der Waals surface area contributed by atoms with E-state index >= 15 is 0 Å². The SMILES string of the molecule is COC(=O)C1CCN(C(=O)c2oc3c(c2C)/C(=N/NC(=O)Cc2ccccc2)CCC3)CC1. The lowest BCUT2D eigenvalue weighted by molar-refractivity contribution is -0.146. The molecular weight excluding hydrogens is 422 g/mol. The minimum absolute atomic E-state index is 0.164. The van der Waals surface area contributed by atoms with Gasteiger partial charge in [-0.05, 0) is 38.2 Å². The molecule has 2 aliphatic rings. The molecule has 0 bridgehead atoms. The van der Waals surface area contributed by atoms with Crippen molar-refractivity contribution in [2.75, 3.05) is 20.2 Å². The number of aryl methyl sites for hydroxylation is 1. The summed E-state index contributed by atoms with van der Waals surface area (Å²) in [6.45, 7) is 2.84. The Morgan fingerprint density at radius 3 is 2.58 bits per heavy atom. The molecule has 2 heterocycles. The highest BCUT2D eigenvalue weighted by atomic mass is 16.5. The fourth-order valence-electron chi connectivity index (χ4n) is 4.56. The molecule has 8 nitrogen and oxygen atoms in total. The summed E-state index contributed by atoms with van der Waals surface area (Å²) in [6.07, 6.45) is 3.68. The van der Waals surface area contributed by atoms with E-state index in [-0.39, 0.29) is 30.1 Å². The number of ether oxygens (including phenoxy) is 1. The molecule has 4 rings (SSSR count). The van der Waals surface area contributed by atoms with Crippen LogP contribution in [-0.4, -0.2) is 48.6 Å². The summed E-state index contributed by atoms with van der Waals surface area (Å²) in [6, 6.07) is 9.50. The Bertz CT molecular complexity index is 1070. The van der Waals surface area contributed by atoms with Gasteiger partial charge in [0.05, 0.1) is 25.2 Å². The van der Waals surface area contributed by atoms with Crippen LogP contribution in [0.15, 0.2) is 39.9 Å². The van der Waals surface area contributed by atoms with Crippen LogP contribution in [0, 0.1) is 12.8 Å². The molecule has 1 N–H and O–H groups in total. The van der Waals surface area contributed by atoms with E-state index in [1.807, 2.05) is 37.3 Å². The van der Waals surface area contributed by atoms with Crippen LogP contribution in [0.2, 0.25) is 0 Å². The third kappa shape index (κ3) is 4.99. The van der Waals surface area contributed by atoms with E-state index in [1.165, 1.54) is 7.11 Å². The second-order valence-electron chi connectivity index (χ2n) is 8.55. The molecule has 0 spiro atoms. The number of piperidine rings is 1. The van der Waals surface area contributed by atoms with Gasteiger partial charge in [0.2, 0.25) is 5.91 Å². The van der Waals surface area contributed by atoms with Crippen LogP contribution in [-0.2, 0) is 27.2 Å². The van der Waals surface area contributed by atoms with Gasteiger partial charge in [-0.15, -0.1) is 0 Å². The maximum atomic E-state index is 13.2. The van der Waals surface area contributed by atoms with Crippen molar-refractivity contribution < 1.29 is 23.5 Å². The Morgan fingerprint density at radius 2 is 1.88 bits per heavy atom. The van der Waals surface area contributed by atoms with E-state index in [0.717, 1.165) is 41.0 Å². The molecular formula is C25H29N3O5. The molecule has 2 amide bonds. The number of amides is 2. The molecule has 174 valence electrons. The zero-order chi connectivity index (χ0) is 23.4. The van der Waals surface area contributed by atoms with Crippen molar-refractivity contribution >= 4 is 23.5 Å². The van der Waals surface area contributed by atoms with Gasteiger partial charge in [-0.3, -0.25) is 14.4 Å². The van der Waals surface area contributed by atoms with Crippen LogP contribution in [0.25, 0.3) is 0 Å². The smallest absolute Gasteiger partial charge is 0.308 e. The molecule has 8 heteroatoms. The van der Waals surface area contributed by atoms with Crippen molar-refractivity contribution in [1.82, 2.24) is 10.3 Å². The number of likely N-dealkylation sites (tertiary alicyclic amines) is 1. The van der Waals surface area contributed by atoms with Crippen molar-refractivity contribution in [3.05, 3.63) is 58.5 Å². The lowest BCUT2D eigenvalue weighted by atomic mass is 9.93. The Balaban J connectivity index is 1.46. The van der Waals surface area contributed by atoms with Crippen LogP contribution in [0.4, 0.5) is 0 Å². The van der Waals surface area contributed by atoms with Gasteiger partial charge in [0.1, 0.15) is 5.76 Å². The number of hydrogen-bond donors (Lipinski definition) is 1. The van der Waals surface area contributed by atoms with Crippen molar-refractivity contribution in [3.8, 4) is 0 Å². The normalized spacial score (nSPS) is 17.5. The minimum Gasteiger partial charge on any atom is -0.469 e. The molecule has 0 saturated carbocycles. The fraction of sp³-hybridized carbons (Fsp3) is 0.440. The number of nitrogens with one attached hydrogen (secondary N) is 1. The summed E-state index contributed by atoms with van der Waals surface area (Å²) in [7, 11) is 1.39. The van der Waals surface area contributed by atoms with Crippen LogP contribution in [0.3, 0.4) is 0 Å². The number of rotatable bonds is 5. The predicted octanol–water partition coefficient (Wildman–Crippen LogP) is 3.01. The molecule has 33 heavy (non-hydrogen) atoms. The molecule has 1 saturated heterocycles. The quantitative estimate of drug-likeness (QED) is 0.556. The molecule has 0 atom stereocenters. The zero-order valence-electron chi connectivity index (χ0n) is 19.1. The van der Waals surface area contributed by atoms with E-state index in [0.29, 0.717) is 38.1 Å². The van der Waals surface area contributed by atoms with Crippen molar-refractivity contribution in [3.63, 3.8) is 0 Å². The van der Waals surface area contributed by atoms with Gasteiger partial charge < -0.3 is 14.1 Å². The monoisotopic (exact) mass is 451 g/mol. The number of carbonyl (C=O) groups is 3. The average molecular weight is 452 g/mol. The van der Waals surface area contributed by atoms with Gasteiger partial charge >= 0.3 is 5.97 Å². The number of furan rings is 1. The van der Waals surface area contributed by atoms with E-state index in [2.05, 4.69) is 10.5 Å². The summed E-state index contributed by atoms with van der Waals surface area (Å²) in [4.78, 5) is 39.0. The Morgan fingerprint density at radius 1 is 1.15 bits per heavy atom. The van der Waals surface area contributed by atoms with Gasteiger partial charge in [-0.2, -0.15) is 5.10 Å². The molecule has 0 unspecified atom stereocenters. The third-order valence-corrected chi connectivity index (χ3v) is 6.36. The standard InChI is InChI=1S/C25H29N3O5/c1-16-22-19(26-27-21(29)15-17-7-4-3-5-8-17)9-6-10-20(22)33-23(16)24(30)28-13-11-18(12-14-28)25(31)32-2/h3-5,7-8,18H,6,9-15H2,1-2H3,(H,27,29)/b26-19+. The van der Waals surface area contributed by atoms with Crippen LogP contribution >= 0.6 is 0 Å². The van der Waals surface area contributed by atoms with E-state index in [9.17, 15) is 14.4 Å². The largest absolute Gasteiger partial charge is 0.469 e. The first-order chi connectivity index (χ1) is 16.0. The molecule has 1 aromatic heterocycles. The maximum absolute atomic E-state index is 13.2. The number of carbonyl (C=O) groups excluding carboxylic acids is 3. The lowest BCUT2D eigenvalue weighted by Gasteiger charge is -2.30. The summed E-state index contributed by atoms with van der Waals surface area (Å²) in [5.41, 5.74) is 5.90. The lowest BCUT2D eigenvalue weighted by Crippen LogP contribution is -2.40. The van der Waals surface area contributed by atoms with Gasteiger partial charge in [0, 0.05) is 30.6 Å². The summed E-state index contributed by atoms with van der Waals surface area (Å²) in [5, 5.41) is 4.39. The molecule has 1 aliphatic heterocycles. The number of nitrogens with zero attached hydrogens (tertiary/aromatic N) is 2. The van der Waals surface area contributed by atoms with Crippen molar-refractivity contribution in [2.24, 2.45) is 11.0 Å². The van der Waals surface area contributed by atoms with Gasteiger partial charge in [0.15, 0.2) is 5.76 Å². The number of benzene rings is 1. The second kappa shape index (κ2) is 10.0. The molecule has 2 aromatic rings. The van der Waals surface area contributed by atoms with Gasteiger partial charge in [-0.1, -0.05) is 30.3 Å². The van der Waals surface area contributed by atoms with E-state index in [4.69, 9.17) is 9.15 Å². The van der Waals surface area contributed by atoms with E-state index < -0.39 is 0 Å². The average Bonchev–Trinajstić information content (AvgIpc) is 3.19. The van der Waals surface area contributed by atoms with E-state index in [1.54, 1.807) is 4.90 Å². The maximum Gasteiger partial charge on any atom is 0.308 e. The van der Waals surface area contributed by atoms with Crippen LogP contribution in [0.5, 0.6) is 0 Å². The number of fused-ring (bicyclic) bond motifs is 1. The first-order valence-corrected chi connectivity index (χ1v) is 11.4. The van der Waals surface area contributed by atoms with Gasteiger partial charge in [-0.25, -0.2) is 5.43 Å². The molecule has 1 fully saturated rings. The van der Waals surface area contributed by atoms with Crippen LogP contribution in [0.1, 0.15) is 58.7 Å². The Labute approximate surface area is 193 Å². The first kappa shape index (κ1) is 22.8. The minimum atomic E-state index is -0.220. The summed E-state index contributed by atoms with van der Waals surface area (Å²) < 4.78 is 10.8. The Kier molecular flexibility index (Phi) is 6.91. The highest BCUT2D eigenvalue weighted by Gasteiger charge is 2.33. The summed E-state index contributed by atoms with van der Waals surface area (Å²) in [5.74, 6) is 0.318. The highest BCUT2D eigenvalue weighted by molar-refractivity contribution is 6.06. The van der Waals surface area contributed by atoms with Crippen molar-refractivity contribution in [1.29, 1.82) is 0 Å². The second-order valence-corrected chi connectivity index (χ2v) is 8.55. The van der Waals surface area contributed by atoms with Crippen molar-refractivity contribution in [2.45, 2.75) is 45.4 Å². The topological polar surface area (TPSA) is 101 Å². The molecule has 0 radical (unpaired) electrons. The first-order valence-electron chi connectivity index (χ1n) is 11.4. The molecule has 1 aliphatic carbocycles. The third-order valence-electron chi connectivity index (χ3n) is 6.36.